The third-order valence-corrected chi connectivity index (χ3v) is 0.910. The molecule has 1 amide bonds. The second-order valence-corrected chi connectivity index (χ2v) is 2.70. The van der Waals surface area contributed by atoms with Gasteiger partial charge in [0.25, 0.3) is 0 Å². The number of carbonyl (C=O) groups is 1. The van der Waals surface area contributed by atoms with Crippen LogP contribution in [0.2, 0.25) is 0 Å². The van der Waals surface area contributed by atoms with Crippen molar-refractivity contribution >= 4 is 12.2 Å². The van der Waals surface area contributed by atoms with Crippen LogP contribution >= 0.6 is 0 Å². The maximum Gasteiger partial charge on any atom is 0.249 e. The first-order valence-corrected chi connectivity index (χ1v) is 3.28. The van der Waals surface area contributed by atoms with Crippen LogP contribution in [0.1, 0.15) is 13.8 Å². The summed E-state index contributed by atoms with van der Waals surface area (Å²) >= 11 is 0. The van der Waals surface area contributed by atoms with Gasteiger partial charge in [-0.3, -0.25) is 4.79 Å². The van der Waals surface area contributed by atoms with Crippen LogP contribution in [0.5, 0.6) is 0 Å². The predicted molar refractivity (Wildman–Crippen MR) is 42.0 cm³/mol. The summed E-state index contributed by atoms with van der Waals surface area (Å²) in [5.41, 5.74) is 0. The lowest BCUT2D eigenvalue weighted by atomic mass is 10.2. The molecule has 0 radical (unpaired) electrons. The monoisotopic (exact) mass is 142 g/mol. The smallest absolute Gasteiger partial charge is 0.249 e. The van der Waals surface area contributed by atoms with E-state index in [1.165, 1.54) is 6.34 Å². The molecule has 0 aliphatic heterocycles. The minimum atomic E-state index is -0.0753. The Hall–Kier alpha value is -0.860. The lowest BCUT2D eigenvalue weighted by Gasteiger charge is -2.02. The van der Waals surface area contributed by atoms with Crippen molar-refractivity contribution in [2.24, 2.45) is 10.9 Å². The van der Waals surface area contributed by atoms with Crippen molar-refractivity contribution < 1.29 is 4.79 Å². The molecular formula is C7H14N2O. The summed E-state index contributed by atoms with van der Waals surface area (Å²) < 4.78 is 0. The summed E-state index contributed by atoms with van der Waals surface area (Å²) in [5.74, 6) is -0.0788. The Kier molecular flexibility index (Phi) is 3.69. The molecule has 0 spiro atoms. The van der Waals surface area contributed by atoms with E-state index in [-0.39, 0.29) is 11.8 Å². The fourth-order valence-corrected chi connectivity index (χ4v) is 0.321. The molecule has 0 aliphatic rings. The van der Waals surface area contributed by atoms with Crippen LogP contribution < -0.4 is 0 Å². The predicted octanol–water partition coefficient (Wildman–Crippen LogP) is 0.759. The van der Waals surface area contributed by atoms with Crippen LogP contribution in [-0.4, -0.2) is 31.2 Å². The molecule has 0 atom stereocenters. The van der Waals surface area contributed by atoms with Gasteiger partial charge in [0.05, 0.1) is 6.34 Å². The molecule has 0 saturated heterocycles. The molecule has 0 fully saturated rings. The number of rotatable bonds is 2. The molecule has 0 heterocycles. The van der Waals surface area contributed by atoms with Gasteiger partial charge in [0.1, 0.15) is 0 Å². The standard InChI is InChI=1S/C7H14N2O/c1-6(2)7(10)8-5-9(3)4/h5-6H,1-4H3/b8-5+. The second-order valence-electron chi connectivity index (χ2n) is 2.70. The zero-order chi connectivity index (χ0) is 8.15. The molecule has 0 saturated carbocycles. The van der Waals surface area contributed by atoms with Gasteiger partial charge in [0.2, 0.25) is 5.91 Å². The molecule has 0 N–H and O–H groups in total. The maximum absolute atomic E-state index is 10.8. The van der Waals surface area contributed by atoms with Crippen molar-refractivity contribution in [1.29, 1.82) is 0 Å². The Balaban J connectivity index is 3.79. The van der Waals surface area contributed by atoms with Crippen LogP contribution in [0.25, 0.3) is 0 Å². The summed E-state index contributed by atoms with van der Waals surface area (Å²) in [6, 6.07) is 0. The van der Waals surface area contributed by atoms with E-state index in [1.54, 1.807) is 4.90 Å². The first kappa shape index (κ1) is 9.14. The van der Waals surface area contributed by atoms with Gasteiger partial charge in [0, 0.05) is 20.0 Å². The van der Waals surface area contributed by atoms with Gasteiger partial charge in [-0.1, -0.05) is 13.8 Å². The van der Waals surface area contributed by atoms with E-state index in [0.717, 1.165) is 0 Å². The molecule has 0 aliphatic carbocycles. The normalized spacial score (nSPS) is 10.9. The third-order valence-electron chi connectivity index (χ3n) is 0.910. The molecule has 3 heteroatoms. The van der Waals surface area contributed by atoms with Gasteiger partial charge in [0.15, 0.2) is 0 Å². The zero-order valence-electron chi connectivity index (χ0n) is 6.96. The molecule has 0 aromatic rings. The number of amides is 1. The zero-order valence-corrected chi connectivity index (χ0v) is 6.96. The minimum absolute atomic E-state index is 0.00352. The Morgan fingerprint density at radius 3 is 2.30 bits per heavy atom. The average molecular weight is 142 g/mol. The molecule has 0 bridgehead atoms. The number of hydrogen-bond donors (Lipinski definition) is 0. The van der Waals surface area contributed by atoms with Crippen LogP contribution in [0.15, 0.2) is 4.99 Å². The fraction of sp³-hybridized carbons (Fsp3) is 0.714. The van der Waals surface area contributed by atoms with Crippen LogP contribution in [0.4, 0.5) is 0 Å². The highest BCUT2D eigenvalue weighted by Crippen LogP contribution is 1.93. The van der Waals surface area contributed by atoms with Crippen molar-refractivity contribution in [3.63, 3.8) is 0 Å². The van der Waals surface area contributed by atoms with Crippen molar-refractivity contribution in [1.82, 2.24) is 4.90 Å². The summed E-state index contributed by atoms with van der Waals surface area (Å²) in [6.07, 6.45) is 1.52. The summed E-state index contributed by atoms with van der Waals surface area (Å²) in [6.45, 7) is 3.66. The van der Waals surface area contributed by atoms with E-state index < -0.39 is 0 Å². The van der Waals surface area contributed by atoms with Gasteiger partial charge >= 0.3 is 0 Å². The molecule has 0 aromatic carbocycles. The summed E-state index contributed by atoms with van der Waals surface area (Å²) in [4.78, 5) is 16.2. The van der Waals surface area contributed by atoms with Gasteiger partial charge in [-0.05, 0) is 0 Å². The molecule has 58 valence electrons. The quantitative estimate of drug-likeness (QED) is 0.421. The van der Waals surface area contributed by atoms with E-state index in [1.807, 2.05) is 27.9 Å². The van der Waals surface area contributed by atoms with E-state index in [0.29, 0.717) is 0 Å². The van der Waals surface area contributed by atoms with Crippen LogP contribution in [0.3, 0.4) is 0 Å². The van der Waals surface area contributed by atoms with Gasteiger partial charge in [-0.15, -0.1) is 0 Å². The van der Waals surface area contributed by atoms with E-state index in [9.17, 15) is 4.79 Å². The van der Waals surface area contributed by atoms with Crippen LogP contribution in [-0.2, 0) is 4.79 Å². The highest BCUT2D eigenvalue weighted by atomic mass is 16.1. The van der Waals surface area contributed by atoms with Gasteiger partial charge < -0.3 is 4.90 Å². The summed E-state index contributed by atoms with van der Waals surface area (Å²) in [7, 11) is 3.66. The van der Waals surface area contributed by atoms with E-state index >= 15 is 0 Å². The maximum atomic E-state index is 10.8. The highest BCUT2D eigenvalue weighted by Gasteiger charge is 2.02. The van der Waals surface area contributed by atoms with Gasteiger partial charge in [-0.2, -0.15) is 0 Å². The van der Waals surface area contributed by atoms with Crippen molar-refractivity contribution in [3.8, 4) is 0 Å². The van der Waals surface area contributed by atoms with E-state index in [2.05, 4.69) is 4.99 Å². The molecule has 0 rings (SSSR count). The largest absolute Gasteiger partial charge is 0.369 e. The first-order valence-electron chi connectivity index (χ1n) is 3.28. The van der Waals surface area contributed by atoms with Crippen LogP contribution in [0, 0.1) is 5.92 Å². The number of aliphatic imine (C=N–C) groups is 1. The Bertz CT molecular complexity index is 139. The topological polar surface area (TPSA) is 32.7 Å². The lowest BCUT2D eigenvalue weighted by Crippen LogP contribution is -2.11. The second kappa shape index (κ2) is 4.04. The Morgan fingerprint density at radius 2 is 2.00 bits per heavy atom. The van der Waals surface area contributed by atoms with Crippen molar-refractivity contribution in [3.05, 3.63) is 0 Å². The molecule has 0 unspecified atom stereocenters. The number of nitrogens with zero attached hydrogens (tertiary/aromatic N) is 2. The molecule has 3 nitrogen and oxygen atoms in total. The number of hydrogen-bond acceptors (Lipinski definition) is 1. The average Bonchev–Trinajstić information content (AvgIpc) is 1.82. The van der Waals surface area contributed by atoms with E-state index in [4.69, 9.17) is 0 Å². The Morgan fingerprint density at radius 1 is 1.50 bits per heavy atom. The lowest BCUT2D eigenvalue weighted by molar-refractivity contribution is -0.120. The van der Waals surface area contributed by atoms with Crippen molar-refractivity contribution in [2.45, 2.75) is 13.8 Å². The first-order chi connectivity index (χ1) is 4.54. The third kappa shape index (κ3) is 4.06. The molecular weight excluding hydrogens is 128 g/mol. The number of carbonyl (C=O) groups excluding carboxylic acids is 1. The van der Waals surface area contributed by atoms with Crippen molar-refractivity contribution in [2.75, 3.05) is 14.1 Å². The SMILES string of the molecule is CC(C)C(=O)/N=C/N(C)C. The Labute approximate surface area is 61.7 Å². The summed E-state index contributed by atoms with van der Waals surface area (Å²) in [5, 5.41) is 0. The fourth-order valence-electron chi connectivity index (χ4n) is 0.321. The highest BCUT2D eigenvalue weighted by molar-refractivity contribution is 5.85. The van der Waals surface area contributed by atoms with Gasteiger partial charge in [-0.25, -0.2) is 4.99 Å². The molecule has 10 heavy (non-hydrogen) atoms. The minimum Gasteiger partial charge on any atom is -0.369 e. The molecule has 0 aromatic heterocycles.